The van der Waals surface area contributed by atoms with E-state index in [-0.39, 0.29) is 15.9 Å². The molecule has 0 fully saturated rings. The summed E-state index contributed by atoms with van der Waals surface area (Å²) >= 11 is 11.0. The van der Waals surface area contributed by atoms with Crippen LogP contribution in [0.4, 0.5) is 0 Å². The minimum atomic E-state index is -0.663. The Hall–Kier alpha value is -1.38. The Balaban J connectivity index is 3.07. The van der Waals surface area contributed by atoms with Crippen molar-refractivity contribution in [2.45, 2.75) is 0 Å². The van der Waals surface area contributed by atoms with Gasteiger partial charge in [0.2, 0.25) is 0 Å². The zero-order chi connectivity index (χ0) is 9.84. The largest absolute Gasteiger partial charge is 0.268 e. The minimum Gasteiger partial charge on any atom is -0.268 e. The lowest BCUT2D eigenvalue weighted by molar-refractivity contribution is 0.0972. The molecule has 5 nitrogen and oxygen atoms in total. The Morgan fingerprint density at radius 1 is 1.54 bits per heavy atom. The molecule has 1 aromatic heterocycles. The molecule has 1 N–H and O–H groups in total. The number of carbonyl (C=O) groups is 1. The first-order chi connectivity index (χ1) is 6.15. The van der Waals surface area contributed by atoms with E-state index in [2.05, 4.69) is 10.2 Å². The summed E-state index contributed by atoms with van der Waals surface area (Å²) < 4.78 is 0. The van der Waals surface area contributed by atoms with Crippen molar-refractivity contribution in [3.05, 3.63) is 21.9 Å². The molecule has 1 heterocycles. The Morgan fingerprint density at radius 3 is 2.85 bits per heavy atom. The fourth-order valence-corrected chi connectivity index (χ4v) is 0.955. The number of nitrogens with one attached hydrogen (secondary N) is 1. The van der Waals surface area contributed by atoms with Crippen LogP contribution in [0, 0.1) is 11.5 Å². The number of hydrogen-bond acceptors (Lipinski definition) is 4. The molecule has 0 saturated heterocycles. The maximum Gasteiger partial charge on any atom is 0.267 e. The molecular weight excluding hydrogens is 215 g/mol. The molecule has 0 spiro atoms. The van der Waals surface area contributed by atoms with Gasteiger partial charge in [-0.25, -0.2) is 0 Å². The van der Waals surface area contributed by atoms with Gasteiger partial charge in [-0.1, -0.05) is 23.2 Å². The maximum atomic E-state index is 11.1. The summed E-state index contributed by atoms with van der Waals surface area (Å²) in [6, 6.07) is 1.23. The first-order valence-corrected chi connectivity index (χ1v) is 3.79. The molecule has 1 amide bonds. The predicted molar refractivity (Wildman–Crippen MR) is 45.1 cm³/mol. The number of aromatic nitrogens is 2. The van der Waals surface area contributed by atoms with E-state index in [1.807, 2.05) is 5.32 Å². The van der Waals surface area contributed by atoms with E-state index in [9.17, 15) is 4.79 Å². The van der Waals surface area contributed by atoms with Crippen molar-refractivity contribution < 1.29 is 4.79 Å². The van der Waals surface area contributed by atoms with Gasteiger partial charge in [-0.05, 0) is 6.07 Å². The third kappa shape index (κ3) is 2.28. The molecule has 0 saturated carbocycles. The van der Waals surface area contributed by atoms with E-state index in [1.54, 1.807) is 0 Å². The summed E-state index contributed by atoms with van der Waals surface area (Å²) in [4.78, 5) is 11.1. The van der Waals surface area contributed by atoms with E-state index in [4.69, 9.17) is 28.5 Å². The third-order valence-electron chi connectivity index (χ3n) is 1.13. The van der Waals surface area contributed by atoms with Crippen LogP contribution in [0.1, 0.15) is 10.4 Å². The Bertz CT molecular complexity index is 387. The second kappa shape index (κ2) is 4.03. The predicted octanol–water partition coefficient (Wildman–Crippen LogP) is 0.994. The molecule has 1 rings (SSSR count). The van der Waals surface area contributed by atoms with E-state index in [1.165, 1.54) is 12.3 Å². The van der Waals surface area contributed by atoms with Gasteiger partial charge in [-0.3, -0.25) is 10.1 Å². The molecule has 0 atom stereocenters. The van der Waals surface area contributed by atoms with Crippen LogP contribution in [-0.4, -0.2) is 16.1 Å². The average Bonchev–Trinajstić information content (AvgIpc) is 2.09. The van der Waals surface area contributed by atoms with E-state index in [0.717, 1.165) is 0 Å². The summed E-state index contributed by atoms with van der Waals surface area (Å²) in [6.07, 6.45) is 1.46. The monoisotopic (exact) mass is 216 g/mol. The molecule has 1 aromatic rings. The number of rotatable bonds is 1. The van der Waals surface area contributed by atoms with Crippen molar-refractivity contribution in [3.8, 4) is 6.19 Å². The van der Waals surface area contributed by atoms with Crippen LogP contribution in [-0.2, 0) is 0 Å². The van der Waals surface area contributed by atoms with E-state index in [0.29, 0.717) is 0 Å². The smallest absolute Gasteiger partial charge is 0.267 e. The quantitative estimate of drug-likeness (QED) is 0.561. The topological polar surface area (TPSA) is 78.7 Å². The standard InChI is InChI=1S/C6H2Cl2N4O/c7-4-1-3(5(8)12-11-4)6(13)10-2-9/h1H,(H,10,13). The highest BCUT2D eigenvalue weighted by Crippen LogP contribution is 2.14. The van der Waals surface area contributed by atoms with E-state index >= 15 is 0 Å². The zero-order valence-electron chi connectivity index (χ0n) is 6.08. The Morgan fingerprint density at radius 2 is 2.23 bits per heavy atom. The maximum absolute atomic E-state index is 11.1. The number of nitriles is 1. The van der Waals surface area contributed by atoms with Crippen LogP contribution in [0.5, 0.6) is 0 Å². The molecule has 0 aliphatic carbocycles. The number of hydrogen-bond donors (Lipinski definition) is 1. The summed E-state index contributed by atoms with van der Waals surface area (Å²) in [6.45, 7) is 0. The second-order valence-corrected chi connectivity index (χ2v) is 2.68. The van der Waals surface area contributed by atoms with Gasteiger partial charge < -0.3 is 0 Å². The van der Waals surface area contributed by atoms with Gasteiger partial charge >= 0.3 is 0 Å². The van der Waals surface area contributed by atoms with Crippen molar-refractivity contribution in [2.75, 3.05) is 0 Å². The summed E-state index contributed by atoms with van der Waals surface area (Å²) in [5.74, 6) is -0.663. The first kappa shape index (κ1) is 9.71. The van der Waals surface area contributed by atoms with Crippen molar-refractivity contribution in [1.82, 2.24) is 15.5 Å². The molecule has 7 heteroatoms. The molecule has 0 unspecified atom stereocenters. The SMILES string of the molecule is N#CNC(=O)c1cc(Cl)nnc1Cl. The van der Waals surface area contributed by atoms with Crippen molar-refractivity contribution in [2.24, 2.45) is 0 Å². The molecule has 13 heavy (non-hydrogen) atoms. The normalized spacial score (nSPS) is 9.00. The van der Waals surface area contributed by atoms with Crippen LogP contribution < -0.4 is 5.32 Å². The molecule has 0 aliphatic heterocycles. The highest BCUT2D eigenvalue weighted by atomic mass is 35.5. The molecule has 0 bridgehead atoms. The second-order valence-electron chi connectivity index (χ2n) is 1.94. The van der Waals surface area contributed by atoms with E-state index < -0.39 is 5.91 Å². The molecule has 0 aromatic carbocycles. The summed E-state index contributed by atoms with van der Waals surface area (Å²) in [5.41, 5.74) is 0.0169. The Labute approximate surface area is 83.3 Å². The highest BCUT2D eigenvalue weighted by molar-refractivity contribution is 6.34. The molecular formula is C6H2Cl2N4O. The zero-order valence-corrected chi connectivity index (χ0v) is 7.60. The van der Waals surface area contributed by atoms with Gasteiger partial charge in [-0.2, -0.15) is 5.26 Å². The van der Waals surface area contributed by atoms with Crippen LogP contribution in [0.15, 0.2) is 6.07 Å². The lowest BCUT2D eigenvalue weighted by atomic mass is 10.3. The number of amides is 1. The molecule has 0 radical (unpaired) electrons. The summed E-state index contributed by atoms with van der Waals surface area (Å²) in [7, 11) is 0. The van der Waals surface area contributed by atoms with Crippen LogP contribution in [0.3, 0.4) is 0 Å². The van der Waals surface area contributed by atoms with Crippen molar-refractivity contribution in [3.63, 3.8) is 0 Å². The fourth-order valence-electron chi connectivity index (χ4n) is 0.630. The van der Waals surface area contributed by atoms with Gasteiger partial charge in [0, 0.05) is 0 Å². The van der Waals surface area contributed by atoms with Gasteiger partial charge in [0.15, 0.2) is 16.5 Å². The van der Waals surface area contributed by atoms with Crippen LogP contribution >= 0.6 is 23.2 Å². The number of carbonyl (C=O) groups excluding carboxylic acids is 1. The Kier molecular flexibility index (Phi) is 3.01. The molecule has 66 valence electrons. The van der Waals surface area contributed by atoms with Gasteiger partial charge in [0.05, 0.1) is 5.56 Å². The first-order valence-electron chi connectivity index (χ1n) is 3.03. The van der Waals surface area contributed by atoms with Crippen molar-refractivity contribution >= 4 is 29.1 Å². The van der Waals surface area contributed by atoms with Crippen LogP contribution in [0.2, 0.25) is 10.3 Å². The van der Waals surface area contributed by atoms with Crippen LogP contribution in [0.25, 0.3) is 0 Å². The fraction of sp³-hybridized carbons (Fsp3) is 0. The summed E-state index contributed by atoms with van der Waals surface area (Å²) in [5, 5.41) is 16.8. The molecule has 0 aliphatic rings. The lowest BCUT2D eigenvalue weighted by Crippen LogP contribution is -2.18. The number of nitrogens with zero attached hydrogens (tertiary/aromatic N) is 3. The third-order valence-corrected chi connectivity index (χ3v) is 1.60. The average molecular weight is 217 g/mol. The highest BCUT2D eigenvalue weighted by Gasteiger charge is 2.12. The minimum absolute atomic E-state index is 0.0169. The van der Waals surface area contributed by atoms with Gasteiger partial charge in [0.1, 0.15) is 0 Å². The number of halogens is 2. The lowest BCUT2D eigenvalue weighted by Gasteiger charge is -1.98. The van der Waals surface area contributed by atoms with Gasteiger partial charge in [-0.15, -0.1) is 10.2 Å². The van der Waals surface area contributed by atoms with Gasteiger partial charge in [0.25, 0.3) is 5.91 Å². The van der Waals surface area contributed by atoms with Crippen molar-refractivity contribution in [1.29, 1.82) is 5.26 Å².